The monoisotopic (exact) mass is 298 g/mol. The molecule has 3 nitrogen and oxygen atoms in total. The fourth-order valence-corrected chi connectivity index (χ4v) is 3.56. The van der Waals surface area contributed by atoms with Gasteiger partial charge in [-0.25, -0.2) is 0 Å². The average Bonchev–Trinajstić information content (AvgIpc) is 2.96. The molecular formula is C19H26N2O. The first-order valence-electron chi connectivity index (χ1n) is 8.44. The van der Waals surface area contributed by atoms with Crippen molar-refractivity contribution in [3.63, 3.8) is 0 Å². The second kappa shape index (κ2) is 6.55. The first kappa shape index (κ1) is 15.1. The minimum atomic E-state index is 0.275. The van der Waals surface area contributed by atoms with E-state index in [9.17, 15) is 4.79 Å². The van der Waals surface area contributed by atoms with Gasteiger partial charge in [-0.2, -0.15) is 0 Å². The number of aryl methyl sites for hydroxylation is 1. The fourth-order valence-electron chi connectivity index (χ4n) is 3.56. The fraction of sp³-hybridized carbons (Fsp3) is 0.526. The van der Waals surface area contributed by atoms with Crippen LogP contribution in [0, 0.1) is 5.92 Å². The second-order valence-electron chi connectivity index (χ2n) is 6.74. The van der Waals surface area contributed by atoms with E-state index in [2.05, 4.69) is 48.0 Å². The largest absolute Gasteiger partial charge is 0.347 e. The Balaban J connectivity index is 1.57. The lowest BCUT2D eigenvalue weighted by atomic mass is 9.86. The standard InChI is InChI=1S/C19H26N2O/c1-15-7-9-17(10-8-15)20(2)19(22)12-14-21-13-11-16-5-3-4-6-18(16)21/h3-6,11,13,15,17H,7-10,12,14H2,1-2H3. The summed E-state index contributed by atoms with van der Waals surface area (Å²) in [5.41, 5.74) is 1.21. The molecule has 3 heteroatoms. The molecule has 1 aromatic heterocycles. The van der Waals surface area contributed by atoms with Crippen LogP contribution in [-0.2, 0) is 11.3 Å². The van der Waals surface area contributed by atoms with E-state index in [1.54, 1.807) is 0 Å². The summed E-state index contributed by atoms with van der Waals surface area (Å²) < 4.78 is 2.18. The quantitative estimate of drug-likeness (QED) is 0.835. The summed E-state index contributed by atoms with van der Waals surface area (Å²) in [4.78, 5) is 14.5. The Morgan fingerprint density at radius 3 is 2.68 bits per heavy atom. The Labute approximate surface area is 132 Å². The zero-order chi connectivity index (χ0) is 15.5. The van der Waals surface area contributed by atoms with Crippen LogP contribution < -0.4 is 0 Å². The Bertz CT molecular complexity index is 638. The molecule has 0 N–H and O–H groups in total. The Morgan fingerprint density at radius 2 is 1.91 bits per heavy atom. The summed E-state index contributed by atoms with van der Waals surface area (Å²) in [5.74, 6) is 1.10. The molecule has 1 aromatic carbocycles. The third kappa shape index (κ3) is 3.18. The number of carbonyl (C=O) groups is 1. The molecule has 2 aromatic rings. The van der Waals surface area contributed by atoms with E-state index in [1.165, 1.54) is 23.7 Å². The van der Waals surface area contributed by atoms with Crippen LogP contribution >= 0.6 is 0 Å². The normalized spacial score (nSPS) is 21.9. The van der Waals surface area contributed by atoms with Crippen LogP contribution in [0.2, 0.25) is 0 Å². The Hall–Kier alpha value is -1.77. The van der Waals surface area contributed by atoms with Gasteiger partial charge in [-0.15, -0.1) is 0 Å². The van der Waals surface area contributed by atoms with Crippen molar-refractivity contribution in [2.45, 2.75) is 51.6 Å². The molecule has 118 valence electrons. The van der Waals surface area contributed by atoms with Crippen molar-refractivity contribution in [2.24, 2.45) is 5.92 Å². The van der Waals surface area contributed by atoms with Crippen molar-refractivity contribution >= 4 is 16.8 Å². The smallest absolute Gasteiger partial charge is 0.224 e. The molecule has 0 spiro atoms. The SMILES string of the molecule is CC1CCC(N(C)C(=O)CCn2ccc3ccccc32)CC1. The number of aromatic nitrogens is 1. The maximum Gasteiger partial charge on any atom is 0.224 e. The maximum atomic E-state index is 12.5. The van der Waals surface area contributed by atoms with Crippen molar-refractivity contribution < 1.29 is 4.79 Å². The number of carbonyl (C=O) groups excluding carboxylic acids is 1. The highest BCUT2D eigenvalue weighted by molar-refractivity contribution is 5.80. The Kier molecular flexibility index (Phi) is 4.51. The molecule has 1 saturated carbocycles. The number of nitrogens with zero attached hydrogens (tertiary/aromatic N) is 2. The molecule has 22 heavy (non-hydrogen) atoms. The summed E-state index contributed by atoms with van der Waals surface area (Å²) in [6.45, 7) is 3.08. The van der Waals surface area contributed by atoms with Crippen LogP contribution in [0.5, 0.6) is 0 Å². The van der Waals surface area contributed by atoms with Gasteiger partial charge in [-0.05, 0) is 49.1 Å². The molecule has 1 amide bonds. The predicted octanol–water partition coefficient (Wildman–Crippen LogP) is 4.07. The molecule has 3 rings (SSSR count). The Morgan fingerprint density at radius 1 is 1.18 bits per heavy atom. The number of benzene rings is 1. The van der Waals surface area contributed by atoms with Gasteiger partial charge in [-0.3, -0.25) is 4.79 Å². The topological polar surface area (TPSA) is 25.2 Å². The van der Waals surface area contributed by atoms with Crippen LogP contribution in [0.15, 0.2) is 36.5 Å². The summed E-state index contributed by atoms with van der Waals surface area (Å²) in [6, 6.07) is 10.9. The van der Waals surface area contributed by atoms with Crippen molar-refractivity contribution in [2.75, 3.05) is 7.05 Å². The average molecular weight is 298 g/mol. The zero-order valence-electron chi connectivity index (χ0n) is 13.7. The lowest BCUT2D eigenvalue weighted by Gasteiger charge is -2.33. The van der Waals surface area contributed by atoms with Crippen molar-refractivity contribution in [3.8, 4) is 0 Å². The van der Waals surface area contributed by atoms with Gasteiger partial charge in [0, 0.05) is 37.8 Å². The number of amides is 1. The maximum absolute atomic E-state index is 12.5. The summed E-state index contributed by atoms with van der Waals surface area (Å²) in [6.07, 6.45) is 7.50. The first-order chi connectivity index (χ1) is 10.6. The van der Waals surface area contributed by atoms with E-state index >= 15 is 0 Å². The van der Waals surface area contributed by atoms with Crippen LogP contribution in [0.25, 0.3) is 10.9 Å². The van der Waals surface area contributed by atoms with Gasteiger partial charge in [0.2, 0.25) is 5.91 Å². The summed E-state index contributed by atoms with van der Waals surface area (Å²) in [5, 5.41) is 1.24. The van der Waals surface area contributed by atoms with Crippen LogP contribution in [0.3, 0.4) is 0 Å². The lowest BCUT2D eigenvalue weighted by Crippen LogP contribution is -2.39. The number of hydrogen-bond acceptors (Lipinski definition) is 1. The highest BCUT2D eigenvalue weighted by Gasteiger charge is 2.24. The van der Waals surface area contributed by atoms with Crippen molar-refractivity contribution in [1.82, 2.24) is 9.47 Å². The second-order valence-corrected chi connectivity index (χ2v) is 6.74. The van der Waals surface area contributed by atoms with E-state index in [-0.39, 0.29) is 5.91 Å². The third-order valence-electron chi connectivity index (χ3n) is 5.17. The molecule has 1 aliphatic rings. The van der Waals surface area contributed by atoms with Crippen LogP contribution in [0.1, 0.15) is 39.0 Å². The first-order valence-corrected chi connectivity index (χ1v) is 8.44. The van der Waals surface area contributed by atoms with E-state index in [0.29, 0.717) is 12.5 Å². The summed E-state index contributed by atoms with van der Waals surface area (Å²) in [7, 11) is 1.98. The highest BCUT2D eigenvalue weighted by Crippen LogP contribution is 2.26. The highest BCUT2D eigenvalue weighted by atomic mass is 16.2. The van der Waals surface area contributed by atoms with Crippen LogP contribution in [0.4, 0.5) is 0 Å². The number of hydrogen-bond donors (Lipinski definition) is 0. The molecule has 0 unspecified atom stereocenters. The number of para-hydroxylation sites is 1. The van der Waals surface area contributed by atoms with E-state index < -0.39 is 0 Å². The molecule has 0 bridgehead atoms. The van der Waals surface area contributed by atoms with Gasteiger partial charge < -0.3 is 9.47 Å². The van der Waals surface area contributed by atoms with Gasteiger partial charge >= 0.3 is 0 Å². The molecule has 1 fully saturated rings. The van der Waals surface area contributed by atoms with Gasteiger partial charge in [0.15, 0.2) is 0 Å². The summed E-state index contributed by atoms with van der Waals surface area (Å²) >= 11 is 0. The minimum Gasteiger partial charge on any atom is -0.347 e. The molecule has 0 saturated heterocycles. The molecule has 0 radical (unpaired) electrons. The van der Waals surface area contributed by atoms with Crippen molar-refractivity contribution in [3.05, 3.63) is 36.5 Å². The van der Waals surface area contributed by atoms with Gasteiger partial charge in [-0.1, -0.05) is 25.1 Å². The van der Waals surface area contributed by atoms with Gasteiger partial charge in [0.25, 0.3) is 0 Å². The third-order valence-corrected chi connectivity index (χ3v) is 5.17. The van der Waals surface area contributed by atoms with Crippen molar-refractivity contribution in [1.29, 1.82) is 0 Å². The zero-order valence-corrected chi connectivity index (χ0v) is 13.7. The van der Waals surface area contributed by atoms with E-state index in [4.69, 9.17) is 0 Å². The molecule has 0 aliphatic heterocycles. The molecule has 1 aliphatic carbocycles. The van der Waals surface area contributed by atoms with E-state index in [0.717, 1.165) is 25.3 Å². The lowest BCUT2D eigenvalue weighted by molar-refractivity contribution is -0.132. The molecule has 1 heterocycles. The predicted molar refractivity (Wildman–Crippen MR) is 90.7 cm³/mol. The molecular weight excluding hydrogens is 272 g/mol. The van der Waals surface area contributed by atoms with E-state index in [1.807, 2.05) is 11.9 Å². The number of fused-ring (bicyclic) bond motifs is 1. The van der Waals surface area contributed by atoms with Gasteiger partial charge in [0.05, 0.1) is 0 Å². The minimum absolute atomic E-state index is 0.275. The van der Waals surface area contributed by atoms with Gasteiger partial charge in [0.1, 0.15) is 0 Å². The molecule has 0 atom stereocenters. The number of rotatable bonds is 4. The van der Waals surface area contributed by atoms with Crippen LogP contribution in [-0.4, -0.2) is 28.5 Å².